The first-order chi connectivity index (χ1) is 9.02. The fourth-order valence-corrected chi connectivity index (χ4v) is 1.35. The van der Waals surface area contributed by atoms with Gasteiger partial charge in [0.05, 0.1) is 12.4 Å². The number of H-pyrrole nitrogens is 1. The van der Waals surface area contributed by atoms with Crippen molar-refractivity contribution in [2.24, 2.45) is 0 Å². The number of methoxy groups -OCH3 is 1. The second-order valence-electron chi connectivity index (χ2n) is 4.07. The fourth-order valence-electron chi connectivity index (χ4n) is 1.35. The molecule has 0 radical (unpaired) electrons. The molecule has 0 bridgehead atoms. The molecule has 0 saturated heterocycles. The number of carboxylic acid groups (broad SMARTS) is 1. The predicted molar refractivity (Wildman–Crippen MR) is 66.7 cm³/mol. The Balaban J connectivity index is 2.45. The van der Waals surface area contributed by atoms with Crippen molar-refractivity contribution in [2.45, 2.75) is 25.5 Å². The van der Waals surface area contributed by atoms with Crippen LogP contribution >= 0.6 is 0 Å². The highest BCUT2D eigenvalue weighted by Gasteiger charge is 2.21. The average Bonchev–Trinajstić information content (AvgIpc) is 2.87. The Morgan fingerprint density at radius 2 is 2.32 bits per heavy atom. The number of carbonyl (C=O) groups is 2. The largest absolute Gasteiger partial charge is 0.480 e. The summed E-state index contributed by atoms with van der Waals surface area (Å²) in [5, 5.41) is 14.0. The standard InChI is InChI=1S/C11H18N4O4/c1-7(19-2)4-13-11(18)15-9(10(16)17)3-8-5-12-6-14-8/h5-7,9H,3-4H2,1-2H3,(H,12,14)(H,16,17)(H2,13,15,18)/t7?,9-/m0/s1. The van der Waals surface area contributed by atoms with Crippen LogP contribution in [0.15, 0.2) is 12.5 Å². The maximum atomic E-state index is 11.5. The van der Waals surface area contributed by atoms with Crippen LogP contribution in [0.1, 0.15) is 12.6 Å². The number of aliphatic carboxylic acids is 1. The van der Waals surface area contributed by atoms with Gasteiger partial charge in [-0.3, -0.25) is 0 Å². The van der Waals surface area contributed by atoms with Crippen molar-refractivity contribution in [3.05, 3.63) is 18.2 Å². The van der Waals surface area contributed by atoms with Crippen LogP contribution in [0.2, 0.25) is 0 Å². The van der Waals surface area contributed by atoms with Crippen LogP contribution in [0.25, 0.3) is 0 Å². The molecule has 0 spiro atoms. The number of carbonyl (C=O) groups excluding carboxylic acids is 1. The maximum Gasteiger partial charge on any atom is 0.326 e. The Hall–Kier alpha value is -2.09. The highest BCUT2D eigenvalue weighted by atomic mass is 16.5. The second-order valence-corrected chi connectivity index (χ2v) is 4.07. The Kier molecular flexibility index (Phi) is 5.80. The molecule has 1 aromatic rings. The SMILES string of the molecule is COC(C)CNC(=O)N[C@@H](Cc1cnc[nH]1)C(=O)O. The smallest absolute Gasteiger partial charge is 0.326 e. The van der Waals surface area contributed by atoms with E-state index in [4.69, 9.17) is 9.84 Å². The van der Waals surface area contributed by atoms with Crippen LogP contribution in [0.4, 0.5) is 4.79 Å². The first kappa shape index (κ1) is 15.0. The number of nitrogens with zero attached hydrogens (tertiary/aromatic N) is 1. The average molecular weight is 270 g/mol. The molecule has 0 saturated carbocycles. The Labute approximate surface area is 110 Å². The van der Waals surface area contributed by atoms with Crippen LogP contribution in [0.5, 0.6) is 0 Å². The molecule has 19 heavy (non-hydrogen) atoms. The van der Waals surface area contributed by atoms with E-state index < -0.39 is 18.0 Å². The summed E-state index contributed by atoms with van der Waals surface area (Å²) in [7, 11) is 1.53. The molecule has 106 valence electrons. The number of amides is 2. The van der Waals surface area contributed by atoms with Gasteiger partial charge in [0.15, 0.2) is 0 Å². The van der Waals surface area contributed by atoms with Crippen molar-refractivity contribution in [3.8, 4) is 0 Å². The van der Waals surface area contributed by atoms with E-state index in [0.29, 0.717) is 12.2 Å². The van der Waals surface area contributed by atoms with Gasteiger partial charge >= 0.3 is 12.0 Å². The molecule has 4 N–H and O–H groups in total. The molecule has 1 unspecified atom stereocenters. The third kappa shape index (κ3) is 5.38. The topological polar surface area (TPSA) is 116 Å². The number of aromatic nitrogens is 2. The number of urea groups is 1. The lowest BCUT2D eigenvalue weighted by atomic mass is 10.2. The van der Waals surface area contributed by atoms with Crippen LogP contribution in [0.3, 0.4) is 0 Å². The van der Waals surface area contributed by atoms with E-state index in [9.17, 15) is 9.59 Å². The Morgan fingerprint density at radius 3 is 2.84 bits per heavy atom. The lowest BCUT2D eigenvalue weighted by molar-refractivity contribution is -0.139. The van der Waals surface area contributed by atoms with Gasteiger partial charge in [-0.25, -0.2) is 14.6 Å². The van der Waals surface area contributed by atoms with E-state index in [0.717, 1.165) is 0 Å². The molecular formula is C11H18N4O4. The van der Waals surface area contributed by atoms with E-state index in [1.54, 1.807) is 6.92 Å². The first-order valence-corrected chi connectivity index (χ1v) is 5.80. The summed E-state index contributed by atoms with van der Waals surface area (Å²) in [4.78, 5) is 29.2. The van der Waals surface area contributed by atoms with Crippen molar-refractivity contribution in [3.63, 3.8) is 0 Å². The zero-order valence-electron chi connectivity index (χ0n) is 10.8. The van der Waals surface area contributed by atoms with Crippen LogP contribution in [0, 0.1) is 0 Å². The third-order valence-electron chi connectivity index (χ3n) is 2.53. The van der Waals surface area contributed by atoms with E-state index in [-0.39, 0.29) is 12.5 Å². The number of hydrogen-bond donors (Lipinski definition) is 4. The molecule has 0 aliphatic carbocycles. The fraction of sp³-hybridized carbons (Fsp3) is 0.545. The van der Waals surface area contributed by atoms with E-state index >= 15 is 0 Å². The first-order valence-electron chi connectivity index (χ1n) is 5.80. The van der Waals surface area contributed by atoms with E-state index in [1.807, 2.05) is 0 Å². The molecule has 8 nitrogen and oxygen atoms in total. The summed E-state index contributed by atoms with van der Waals surface area (Å²) in [5.74, 6) is -1.11. The van der Waals surface area contributed by atoms with Crippen molar-refractivity contribution in [1.82, 2.24) is 20.6 Å². The van der Waals surface area contributed by atoms with Crippen molar-refractivity contribution < 1.29 is 19.4 Å². The zero-order valence-corrected chi connectivity index (χ0v) is 10.8. The highest BCUT2D eigenvalue weighted by Crippen LogP contribution is 1.98. The Morgan fingerprint density at radius 1 is 1.58 bits per heavy atom. The number of carboxylic acids is 1. The number of rotatable bonds is 7. The minimum atomic E-state index is -1.11. The maximum absolute atomic E-state index is 11.5. The monoisotopic (exact) mass is 270 g/mol. The summed E-state index contributed by atoms with van der Waals surface area (Å²) in [6.07, 6.45) is 2.97. The van der Waals surface area contributed by atoms with Crippen molar-refractivity contribution >= 4 is 12.0 Å². The number of aromatic amines is 1. The van der Waals surface area contributed by atoms with E-state index in [1.165, 1.54) is 19.6 Å². The van der Waals surface area contributed by atoms with Gasteiger partial charge < -0.3 is 25.5 Å². The summed E-state index contributed by atoms with van der Waals surface area (Å²) >= 11 is 0. The van der Waals surface area contributed by atoms with Crippen LogP contribution in [-0.4, -0.2) is 52.9 Å². The molecule has 2 atom stereocenters. The van der Waals surface area contributed by atoms with Gasteiger partial charge in [0, 0.05) is 32.0 Å². The van der Waals surface area contributed by atoms with Gasteiger partial charge in [-0.05, 0) is 6.92 Å². The molecule has 1 aromatic heterocycles. The molecule has 1 heterocycles. The Bertz CT molecular complexity index is 407. The minimum absolute atomic E-state index is 0.137. The quantitative estimate of drug-likeness (QED) is 0.544. The molecule has 2 amide bonds. The summed E-state index contributed by atoms with van der Waals surface area (Å²) in [5.41, 5.74) is 0.637. The highest BCUT2D eigenvalue weighted by molar-refractivity contribution is 5.82. The lowest BCUT2D eigenvalue weighted by Gasteiger charge is -2.16. The number of hydrogen-bond acceptors (Lipinski definition) is 4. The third-order valence-corrected chi connectivity index (χ3v) is 2.53. The van der Waals surface area contributed by atoms with Gasteiger partial charge in [-0.15, -0.1) is 0 Å². The molecular weight excluding hydrogens is 252 g/mol. The number of nitrogens with one attached hydrogen (secondary N) is 3. The van der Waals surface area contributed by atoms with Gasteiger partial charge in [-0.2, -0.15) is 0 Å². The summed E-state index contributed by atoms with van der Waals surface area (Å²) < 4.78 is 4.97. The predicted octanol–water partition coefficient (Wildman–Crippen LogP) is -0.260. The lowest BCUT2D eigenvalue weighted by Crippen LogP contribution is -2.48. The van der Waals surface area contributed by atoms with Gasteiger partial charge in [-0.1, -0.05) is 0 Å². The number of imidazole rings is 1. The normalized spacial score (nSPS) is 13.6. The second kappa shape index (κ2) is 7.37. The molecule has 0 fully saturated rings. The molecule has 0 aromatic carbocycles. The van der Waals surface area contributed by atoms with Crippen molar-refractivity contribution in [2.75, 3.05) is 13.7 Å². The van der Waals surface area contributed by atoms with E-state index in [2.05, 4.69) is 20.6 Å². The molecule has 8 heteroatoms. The number of ether oxygens (including phenoxy) is 1. The molecule has 0 aliphatic heterocycles. The summed E-state index contributed by atoms with van der Waals surface area (Å²) in [6, 6.07) is -1.56. The van der Waals surface area contributed by atoms with Crippen LogP contribution in [-0.2, 0) is 16.0 Å². The van der Waals surface area contributed by atoms with Gasteiger partial charge in [0.1, 0.15) is 6.04 Å². The van der Waals surface area contributed by atoms with Gasteiger partial charge in [0.2, 0.25) is 0 Å². The van der Waals surface area contributed by atoms with Crippen molar-refractivity contribution in [1.29, 1.82) is 0 Å². The van der Waals surface area contributed by atoms with Crippen LogP contribution < -0.4 is 10.6 Å². The van der Waals surface area contributed by atoms with Gasteiger partial charge in [0.25, 0.3) is 0 Å². The zero-order chi connectivity index (χ0) is 14.3. The summed E-state index contributed by atoms with van der Waals surface area (Å²) in [6.45, 7) is 2.10. The molecule has 1 rings (SSSR count). The molecule has 0 aliphatic rings. The minimum Gasteiger partial charge on any atom is -0.480 e.